The lowest BCUT2D eigenvalue weighted by atomic mass is 10.1. The number of hydrogen-bond donors (Lipinski definition) is 2. The molecule has 0 radical (unpaired) electrons. The first kappa shape index (κ1) is 17.7. The maximum atomic E-state index is 12.7. The fraction of sp³-hybridized carbons (Fsp3) is 0.400. The summed E-state index contributed by atoms with van der Waals surface area (Å²) in [5, 5.41) is 20.4. The molecular formula is C20H23N4O3+. The maximum Gasteiger partial charge on any atom is 0.257 e. The number of aryl methyl sites for hydroxylation is 1. The largest absolute Gasteiger partial charge is 0.385 e. The van der Waals surface area contributed by atoms with Gasteiger partial charge in [0.05, 0.1) is 36.4 Å². The van der Waals surface area contributed by atoms with Gasteiger partial charge in [-0.25, -0.2) is 0 Å². The van der Waals surface area contributed by atoms with Crippen molar-refractivity contribution in [2.24, 2.45) is 0 Å². The minimum absolute atomic E-state index is 0.162. The molecule has 2 aromatic heterocycles. The number of para-hydroxylation sites is 2. The molecular weight excluding hydrogens is 344 g/mol. The molecule has 1 atom stereocenters. The average Bonchev–Trinajstić information content (AvgIpc) is 2.98. The highest BCUT2D eigenvalue weighted by Gasteiger charge is 2.22. The molecule has 0 aliphatic carbocycles. The zero-order valence-electron chi connectivity index (χ0n) is 15.3. The first-order valence-corrected chi connectivity index (χ1v) is 9.23. The number of nitrogens with zero attached hydrogens (tertiary/aromatic N) is 3. The third-order valence-corrected chi connectivity index (χ3v) is 5.29. The topological polar surface area (TPSA) is 84.1 Å². The summed E-state index contributed by atoms with van der Waals surface area (Å²) in [6, 6.07) is 11.3. The molecule has 1 aliphatic rings. The van der Waals surface area contributed by atoms with Gasteiger partial charge in [0.15, 0.2) is 0 Å². The summed E-state index contributed by atoms with van der Waals surface area (Å²) in [6.45, 7) is 5.91. The van der Waals surface area contributed by atoms with Gasteiger partial charge in [-0.3, -0.25) is 9.20 Å². The quantitative estimate of drug-likeness (QED) is 0.664. The predicted molar refractivity (Wildman–Crippen MR) is 101 cm³/mol. The van der Waals surface area contributed by atoms with Crippen LogP contribution in [0.25, 0.3) is 16.7 Å². The van der Waals surface area contributed by atoms with Gasteiger partial charge in [-0.1, -0.05) is 12.1 Å². The molecule has 1 aromatic carbocycles. The summed E-state index contributed by atoms with van der Waals surface area (Å²) in [5.41, 5.74) is 3.11. The zero-order valence-corrected chi connectivity index (χ0v) is 15.3. The average molecular weight is 367 g/mol. The van der Waals surface area contributed by atoms with E-state index in [2.05, 4.69) is 6.07 Å². The maximum absolute atomic E-state index is 12.7. The molecule has 0 amide bonds. The number of morpholine rings is 1. The Morgan fingerprint density at radius 2 is 2.00 bits per heavy atom. The van der Waals surface area contributed by atoms with E-state index in [1.165, 1.54) is 11.0 Å². The summed E-state index contributed by atoms with van der Waals surface area (Å²) in [4.78, 5) is 14.0. The molecule has 0 bridgehead atoms. The number of fused-ring (bicyclic) bond motifs is 3. The van der Waals surface area contributed by atoms with Crippen LogP contribution in [0.15, 0.2) is 35.1 Å². The van der Waals surface area contributed by atoms with E-state index in [4.69, 9.17) is 4.74 Å². The van der Waals surface area contributed by atoms with Crippen molar-refractivity contribution in [2.45, 2.75) is 19.6 Å². The van der Waals surface area contributed by atoms with Crippen molar-refractivity contribution >= 4 is 16.7 Å². The summed E-state index contributed by atoms with van der Waals surface area (Å²) in [7, 11) is 0. The second-order valence-corrected chi connectivity index (χ2v) is 7.13. The van der Waals surface area contributed by atoms with Crippen LogP contribution in [0.1, 0.15) is 11.1 Å². The number of imidazole rings is 1. The Morgan fingerprint density at radius 1 is 1.30 bits per heavy atom. The Morgan fingerprint density at radius 3 is 2.70 bits per heavy atom. The van der Waals surface area contributed by atoms with Gasteiger partial charge in [-0.2, -0.15) is 5.26 Å². The molecule has 2 N–H and O–H groups in total. The number of quaternary nitrogens is 1. The fourth-order valence-corrected chi connectivity index (χ4v) is 3.99. The lowest BCUT2D eigenvalue weighted by Gasteiger charge is -2.26. The number of hydrogen-bond acceptors (Lipinski definition) is 4. The van der Waals surface area contributed by atoms with Crippen LogP contribution >= 0.6 is 0 Å². The van der Waals surface area contributed by atoms with E-state index in [-0.39, 0.29) is 5.56 Å². The van der Waals surface area contributed by atoms with Crippen LogP contribution in [0.2, 0.25) is 0 Å². The van der Waals surface area contributed by atoms with Gasteiger partial charge in [0.1, 0.15) is 37.5 Å². The third-order valence-electron chi connectivity index (χ3n) is 5.29. The van der Waals surface area contributed by atoms with Crippen molar-refractivity contribution in [2.75, 3.05) is 32.8 Å². The number of rotatable bonds is 4. The van der Waals surface area contributed by atoms with E-state index < -0.39 is 6.10 Å². The lowest BCUT2D eigenvalue weighted by Crippen LogP contribution is -3.15. The number of aromatic nitrogens is 2. The summed E-state index contributed by atoms with van der Waals surface area (Å²) < 4.78 is 8.87. The van der Waals surface area contributed by atoms with Gasteiger partial charge >= 0.3 is 0 Å². The van der Waals surface area contributed by atoms with Crippen LogP contribution in [0.5, 0.6) is 0 Å². The van der Waals surface area contributed by atoms with Crippen LogP contribution in [-0.4, -0.2) is 53.0 Å². The van der Waals surface area contributed by atoms with E-state index >= 15 is 0 Å². The van der Waals surface area contributed by atoms with Crippen molar-refractivity contribution in [3.63, 3.8) is 0 Å². The number of nitrogens with one attached hydrogen (secondary N) is 1. The van der Waals surface area contributed by atoms with Crippen molar-refractivity contribution in [3.8, 4) is 6.07 Å². The van der Waals surface area contributed by atoms with Crippen molar-refractivity contribution in [1.82, 2.24) is 8.97 Å². The van der Waals surface area contributed by atoms with Gasteiger partial charge in [-0.15, -0.1) is 0 Å². The molecule has 4 rings (SSSR count). The van der Waals surface area contributed by atoms with E-state index in [9.17, 15) is 15.2 Å². The molecule has 7 heteroatoms. The van der Waals surface area contributed by atoms with Gasteiger partial charge in [-0.05, 0) is 24.6 Å². The van der Waals surface area contributed by atoms with Crippen molar-refractivity contribution in [3.05, 3.63) is 51.8 Å². The minimum Gasteiger partial charge on any atom is -0.385 e. The monoisotopic (exact) mass is 367 g/mol. The second kappa shape index (κ2) is 7.16. The molecule has 140 valence electrons. The number of nitriles is 1. The third kappa shape index (κ3) is 3.12. The highest BCUT2D eigenvalue weighted by molar-refractivity contribution is 5.84. The Kier molecular flexibility index (Phi) is 4.70. The predicted octanol–water partition coefficient (Wildman–Crippen LogP) is -0.290. The number of aliphatic hydroxyl groups is 1. The minimum atomic E-state index is -0.583. The van der Waals surface area contributed by atoms with Crippen LogP contribution < -0.4 is 10.5 Å². The smallest absolute Gasteiger partial charge is 0.257 e. The Labute approximate surface area is 156 Å². The highest BCUT2D eigenvalue weighted by Crippen LogP contribution is 2.23. The SMILES string of the molecule is Cc1cc(=O)n2c3ccccc3n(C[C@@H](O)C[NH+]3CCOCC3)c2c1C#N. The highest BCUT2D eigenvalue weighted by atomic mass is 16.5. The molecule has 0 saturated carbocycles. The van der Waals surface area contributed by atoms with Crippen LogP contribution in [0.3, 0.4) is 0 Å². The Balaban J connectivity index is 1.83. The zero-order chi connectivity index (χ0) is 19.0. The Hall–Kier alpha value is -2.66. The molecule has 1 saturated heterocycles. The standard InChI is InChI=1S/C20H22N4O3/c1-14-10-19(26)24-18-5-3-2-4-17(18)23(20(24)16(14)11-21)13-15(25)12-22-6-8-27-9-7-22/h2-5,10,15,25H,6-9,12-13H2,1H3/p+1/t15-/m0/s1. The summed E-state index contributed by atoms with van der Waals surface area (Å²) in [5.74, 6) is 0. The van der Waals surface area contributed by atoms with Crippen LogP contribution in [-0.2, 0) is 11.3 Å². The fourth-order valence-electron chi connectivity index (χ4n) is 3.99. The Bertz CT molecular complexity index is 1090. The molecule has 7 nitrogen and oxygen atoms in total. The molecule has 27 heavy (non-hydrogen) atoms. The van der Waals surface area contributed by atoms with Gasteiger partial charge in [0, 0.05) is 6.07 Å². The summed E-state index contributed by atoms with van der Waals surface area (Å²) >= 11 is 0. The summed E-state index contributed by atoms with van der Waals surface area (Å²) in [6.07, 6.45) is -0.583. The van der Waals surface area contributed by atoms with Crippen molar-refractivity contribution in [1.29, 1.82) is 5.26 Å². The number of pyridine rings is 1. The molecule has 1 aliphatic heterocycles. The van der Waals surface area contributed by atoms with E-state index in [1.807, 2.05) is 28.8 Å². The number of ether oxygens (including phenoxy) is 1. The second-order valence-electron chi connectivity index (χ2n) is 7.13. The van der Waals surface area contributed by atoms with Crippen molar-refractivity contribution < 1.29 is 14.7 Å². The molecule has 1 fully saturated rings. The lowest BCUT2D eigenvalue weighted by molar-refractivity contribution is -0.911. The van der Waals surface area contributed by atoms with E-state index in [0.717, 1.165) is 24.1 Å². The molecule has 0 spiro atoms. The number of benzene rings is 1. The number of aliphatic hydroxyl groups excluding tert-OH is 1. The first-order valence-electron chi connectivity index (χ1n) is 9.23. The van der Waals surface area contributed by atoms with Crippen LogP contribution in [0.4, 0.5) is 0 Å². The van der Waals surface area contributed by atoms with Gasteiger partial charge in [0.2, 0.25) is 0 Å². The molecule has 3 heterocycles. The molecule has 0 unspecified atom stereocenters. The van der Waals surface area contributed by atoms with Crippen LogP contribution in [0, 0.1) is 18.3 Å². The first-order chi connectivity index (χ1) is 13.1. The van der Waals surface area contributed by atoms with Gasteiger partial charge < -0.3 is 19.3 Å². The van der Waals surface area contributed by atoms with Gasteiger partial charge in [0.25, 0.3) is 5.56 Å². The normalized spacial score (nSPS) is 16.6. The van der Waals surface area contributed by atoms with E-state index in [0.29, 0.717) is 43.1 Å². The molecule has 3 aromatic rings. The van der Waals surface area contributed by atoms with E-state index in [1.54, 1.807) is 11.3 Å².